The summed E-state index contributed by atoms with van der Waals surface area (Å²) in [6.45, 7) is 0. The number of fused-ring (bicyclic) bond motifs is 2. The number of nitrogens with zero attached hydrogens (tertiary/aromatic N) is 2. The summed E-state index contributed by atoms with van der Waals surface area (Å²) < 4.78 is 11.3. The molecule has 7 heteroatoms. The number of anilines is 1. The van der Waals surface area contributed by atoms with Crippen molar-refractivity contribution in [2.24, 2.45) is 17.8 Å². The highest BCUT2D eigenvalue weighted by molar-refractivity contribution is 14.0. The number of piperidine rings is 1. The van der Waals surface area contributed by atoms with Gasteiger partial charge >= 0.3 is 0 Å². The van der Waals surface area contributed by atoms with Crippen LogP contribution in [-0.4, -0.2) is 18.0 Å². The number of hydrogen-bond donors (Lipinski definition) is 0. The highest BCUT2D eigenvalue weighted by Crippen LogP contribution is 2.65. The third kappa shape index (κ3) is 2.69. The van der Waals surface area contributed by atoms with E-state index in [1.54, 1.807) is 12.5 Å². The number of ether oxygens (including phenoxy) is 1. The molecule has 2 aliphatic carbocycles. The number of halogens is 3. The average Bonchev–Trinajstić information content (AvgIpc) is 3.06. The van der Waals surface area contributed by atoms with Crippen molar-refractivity contribution in [3.63, 3.8) is 0 Å². The lowest BCUT2D eigenvalue weighted by atomic mass is 9.81. The Morgan fingerprint density at radius 2 is 1.88 bits per heavy atom. The zero-order valence-electron chi connectivity index (χ0n) is 14.4. The first-order valence-corrected chi connectivity index (χ1v) is 9.58. The van der Waals surface area contributed by atoms with Gasteiger partial charge in [0, 0.05) is 29.1 Å². The molecule has 2 aromatic rings. The van der Waals surface area contributed by atoms with Crippen LogP contribution in [0.1, 0.15) is 37.3 Å². The lowest BCUT2D eigenvalue weighted by Crippen LogP contribution is -2.50. The second-order valence-electron chi connectivity index (χ2n) is 7.56. The monoisotopic (exact) mass is 506 g/mol. The largest absolute Gasteiger partial charge is 0.363 e. The molecule has 5 rings (SSSR count). The first-order valence-electron chi connectivity index (χ1n) is 8.82. The van der Waals surface area contributed by atoms with Crippen LogP contribution in [0.3, 0.4) is 0 Å². The maximum absolute atomic E-state index is 6.61. The van der Waals surface area contributed by atoms with E-state index in [-0.39, 0.29) is 35.7 Å². The summed E-state index contributed by atoms with van der Waals surface area (Å²) in [4.78, 5) is 2.31. The molecule has 2 bridgehead atoms. The smallest absolute Gasteiger partial charge is 0.147 e. The Morgan fingerprint density at radius 3 is 2.46 bits per heavy atom. The number of aromatic nitrogens is 1. The maximum Gasteiger partial charge on any atom is 0.147 e. The molecule has 0 spiro atoms. The molecule has 3 aliphatic rings. The lowest BCUT2D eigenvalue weighted by Gasteiger charge is -2.46. The fourth-order valence-electron chi connectivity index (χ4n) is 5.27. The van der Waals surface area contributed by atoms with Crippen molar-refractivity contribution in [1.29, 1.82) is 0 Å². The summed E-state index contributed by atoms with van der Waals surface area (Å²) in [7, 11) is 1.81. The predicted molar refractivity (Wildman–Crippen MR) is 112 cm³/mol. The predicted octanol–water partition coefficient (Wildman–Crippen LogP) is 5.94. The zero-order valence-corrected chi connectivity index (χ0v) is 18.2. The summed E-state index contributed by atoms with van der Waals surface area (Å²) in [5.41, 5.74) is 1.59. The van der Waals surface area contributed by atoms with E-state index in [9.17, 15) is 0 Å². The van der Waals surface area contributed by atoms with Gasteiger partial charge in [-0.2, -0.15) is 0 Å². The van der Waals surface area contributed by atoms with Gasteiger partial charge in [-0.3, -0.25) is 0 Å². The van der Waals surface area contributed by atoms with E-state index in [0.29, 0.717) is 21.9 Å². The van der Waals surface area contributed by atoms with Gasteiger partial charge in [0.15, 0.2) is 0 Å². The van der Waals surface area contributed by atoms with Crippen LogP contribution in [-0.2, 0) is 4.74 Å². The van der Waals surface area contributed by atoms with Gasteiger partial charge in [0.05, 0.1) is 17.9 Å². The number of rotatable bonds is 4. The van der Waals surface area contributed by atoms with Crippen LogP contribution in [0.4, 0.5) is 5.69 Å². The molecular formula is C19H21Cl2IN2O2. The van der Waals surface area contributed by atoms with E-state index in [1.807, 2.05) is 25.3 Å². The van der Waals surface area contributed by atoms with Crippen molar-refractivity contribution < 1.29 is 9.26 Å². The molecular weight excluding hydrogens is 486 g/mol. The van der Waals surface area contributed by atoms with Gasteiger partial charge in [-0.25, -0.2) is 0 Å². The van der Waals surface area contributed by atoms with Crippen molar-refractivity contribution in [1.82, 2.24) is 5.16 Å². The molecule has 0 N–H and O–H groups in total. The standard InChI is InChI=1S/C19H20Cl2N2O2.HI/c1-24-19-7-13(11-5-6-11)14(8-19)18(23(19)12-9-22-25-10-12)17-15(20)3-2-4-16(17)21;/h2-4,9-11,13-14,18H,5-8H2,1H3;1H. The Hall–Kier alpha value is -0.500. The Balaban J connectivity index is 0.00000168. The summed E-state index contributed by atoms with van der Waals surface area (Å²) in [6.07, 6.45) is 8.13. The van der Waals surface area contributed by atoms with Crippen molar-refractivity contribution in [2.75, 3.05) is 12.0 Å². The minimum absolute atomic E-state index is 0. The zero-order chi connectivity index (χ0) is 17.2. The molecule has 0 amide bonds. The minimum atomic E-state index is -0.337. The lowest BCUT2D eigenvalue weighted by molar-refractivity contribution is -0.00973. The number of benzene rings is 1. The molecule has 4 unspecified atom stereocenters. The fourth-order valence-corrected chi connectivity index (χ4v) is 5.89. The molecule has 4 nitrogen and oxygen atoms in total. The third-order valence-corrected chi connectivity index (χ3v) is 7.04. The van der Waals surface area contributed by atoms with Gasteiger partial charge in [-0.05, 0) is 49.1 Å². The van der Waals surface area contributed by atoms with Crippen molar-refractivity contribution in [3.8, 4) is 0 Å². The third-order valence-electron chi connectivity index (χ3n) is 6.38. The molecule has 1 saturated heterocycles. The average molecular weight is 507 g/mol. The molecule has 3 fully saturated rings. The van der Waals surface area contributed by atoms with Crippen molar-refractivity contribution >= 4 is 52.9 Å². The van der Waals surface area contributed by atoms with E-state index < -0.39 is 0 Å². The molecule has 4 atom stereocenters. The quantitative estimate of drug-likeness (QED) is 0.481. The van der Waals surface area contributed by atoms with Crippen LogP contribution in [0.15, 0.2) is 35.2 Å². The molecule has 26 heavy (non-hydrogen) atoms. The van der Waals surface area contributed by atoms with E-state index in [1.165, 1.54) is 12.8 Å². The Kier molecular flexibility index (Phi) is 4.95. The molecule has 2 heterocycles. The van der Waals surface area contributed by atoms with E-state index in [2.05, 4.69) is 10.1 Å². The van der Waals surface area contributed by atoms with E-state index in [0.717, 1.165) is 30.0 Å². The second kappa shape index (κ2) is 6.83. The molecule has 1 aromatic heterocycles. The van der Waals surface area contributed by atoms with Gasteiger partial charge in [0.2, 0.25) is 0 Å². The van der Waals surface area contributed by atoms with Crippen molar-refractivity contribution in [3.05, 3.63) is 46.3 Å². The Morgan fingerprint density at radius 1 is 1.19 bits per heavy atom. The summed E-state index contributed by atoms with van der Waals surface area (Å²) in [5.74, 6) is 1.95. The van der Waals surface area contributed by atoms with Crippen LogP contribution < -0.4 is 4.90 Å². The van der Waals surface area contributed by atoms with Crippen LogP contribution in [0.2, 0.25) is 10.0 Å². The number of hydrogen-bond acceptors (Lipinski definition) is 4. The van der Waals surface area contributed by atoms with Gasteiger partial charge in [0.25, 0.3) is 0 Å². The molecule has 1 aromatic carbocycles. The van der Waals surface area contributed by atoms with Crippen molar-refractivity contribution in [2.45, 2.75) is 37.5 Å². The first-order chi connectivity index (χ1) is 12.1. The first kappa shape index (κ1) is 18.8. The van der Waals surface area contributed by atoms with Gasteiger partial charge < -0.3 is 14.2 Å². The molecule has 140 valence electrons. The van der Waals surface area contributed by atoms with Crippen LogP contribution in [0, 0.1) is 17.8 Å². The van der Waals surface area contributed by atoms with Gasteiger partial charge in [-0.15, -0.1) is 24.0 Å². The Bertz CT molecular complexity index is 779. The topological polar surface area (TPSA) is 38.5 Å². The van der Waals surface area contributed by atoms with Gasteiger partial charge in [0.1, 0.15) is 12.0 Å². The summed E-state index contributed by atoms with van der Waals surface area (Å²) in [6, 6.07) is 5.83. The number of methoxy groups -OCH3 is 1. The highest BCUT2D eigenvalue weighted by Gasteiger charge is 2.64. The normalized spacial score (nSPS) is 32.7. The minimum Gasteiger partial charge on any atom is -0.363 e. The second-order valence-corrected chi connectivity index (χ2v) is 8.37. The molecule has 0 radical (unpaired) electrons. The fraction of sp³-hybridized carbons (Fsp3) is 0.526. The summed E-state index contributed by atoms with van der Waals surface area (Å²) in [5, 5.41) is 5.35. The van der Waals surface area contributed by atoms with E-state index in [4.69, 9.17) is 32.5 Å². The van der Waals surface area contributed by atoms with Crippen LogP contribution in [0.25, 0.3) is 0 Å². The van der Waals surface area contributed by atoms with Crippen LogP contribution in [0.5, 0.6) is 0 Å². The Labute approximate surface area is 180 Å². The molecule has 2 saturated carbocycles. The molecule has 1 aliphatic heterocycles. The van der Waals surface area contributed by atoms with Gasteiger partial charge in [-0.1, -0.05) is 34.4 Å². The SMILES string of the molecule is COC12CC(C3CC3)C(C1)C(c1c(Cl)cccc1Cl)N2c1cnoc1.I. The highest BCUT2D eigenvalue weighted by atomic mass is 127. The maximum atomic E-state index is 6.61. The van der Waals surface area contributed by atoms with E-state index >= 15 is 0 Å². The van der Waals surface area contributed by atoms with Crippen LogP contribution >= 0.6 is 47.2 Å². The summed E-state index contributed by atoms with van der Waals surface area (Å²) >= 11 is 13.2.